The molecular weight excluding hydrogens is 708 g/mol. The van der Waals surface area contributed by atoms with Gasteiger partial charge in [-0.2, -0.15) is 4.57 Å². The van der Waals surface area contributed by atoms with E-state index < -0.39 is 34.1 Å². The smallest absolute Gasteiger partial charge is 0.269 e. The molecule has 0 saturated carbocycles. The van der Waals surface area contributed by atoms with Gasteiger partial charge in [0.25, 0.3) is 10.6 Å². The summed E-state index contributed by atoms with van der Waals surface area (Å²) >= 11 is 28.2. The molecule has 0 fully saturated rings. The fourth-order valence-corrected chi connectivity index (χ4v) is 9.01. The van der Waals surface area contributed by atoms with Gasteiger partial charge in [-0.15, -0.1) is 11.3 Å². The number of nitrogens with zero attached hydrogens (tertiary/aromatic N) is 3. The van der Waals surface area contributed by atoms with Crippen LogP contribution in [-0.2, 0) is 28.0 Å². The highest BCUT2D eigenvalue weighted by atomic mass is 35.5. The average molecular weight is 724 g/mol. The minimum absolute atomic E-state index is 0.169. The van der Waals surface area contributed by atoms with Crippen LogP contribution in [0.25, 0.3) is 22.4 Å². The number of benzene rings is 2. The number of fused-ring (bicyclic) bond motifs is 2. The number of hydrogen-bond donors (Lipinski definition) is 0. The van der Waals surface area contributed by atoms with E-state index >= 15 is 0 Å². The van der Waals surface area contributed by atoms with Gasteiger partial charge in [-0.05, 0) is 37.3 Å². The maximum Gasteiger partial charge on any atom is 0.269 e. The topological polar surface area (TPSA) is 126 Å². The van der Waals surface area contributed by atoms with Crippen molar-refractivity contribution in [3.63, 3.8) is 0 Å². The summed E-state index contributed by atoms with van der Waals surface area (Å²) in [5, 5.41) is 13.8. The highest BCUT2D eigenvalue weighted by Gasteiger charge is 2.28. The number of rotatable bonds is 7. The number of carbonyl (C=O) groups is 1. The molecule has 9 nitrogen and oxygen atoms in total. The van der Waals surface area contributed by atoms with Crippen molar-refractivity contribution in [1.82, 2.24) is 4.57 Å². The summed E-state index contributed by atoms with van der Waals surface area (Å²) in [7, 11) is -4.70. The predicted molar refractivity (Wildman–Crippen MR) is 166 cm³/mol. The Balaban J connectivity index is 1.66. The summed E-state index contributed by atoms with van der Waals surface area (Å²) in [5.41, 5.74) is 0.616. The highest BCUT2D eigenvalue weighted by Crippen LogP contribution is 2.48. The van der Waals surface area contributed by atoms with Crippen molar-refractivity contribution < 1.29 is 27.4 Å². The molecule has 2 aromatic carbocycles. The van der Waals surface area contributed by atoms with Crippen molar-refractivity contribution in [2.45, 2.75) is 24.9 Å². The molecule has 0 spiro atoms. The molecule has 3 heterocycles. The van der Waals surface area contributed by atoms with E-state index in [0.717, 1.165) is 42.9 Å². The SMILES string of the molecule is CC[n+]1c(C=c2s/c(=C/C=C3\Sc4cc(Cl)c(Cl)cc4N3CS(=O)(=O)[O-])c(=O)n2CC(=O)[O-])sc2cc(Cl)c(Cl)cc21. The van der Waals surface area contributed by atoms with E-state index in [2.05, 4.69) is 0 Å². The van der Waals surface area contributed by atoms with Gasteiger partial charge in [-0.1, -0.05) is 69.5 Å². The third-order valence-electron chi connectivity index (χ3n) is 6.00. The third-order valence-corrected chi connectivity index (χ3v) is 11.3. The van der Waals surface area contributed by atoms with Crippen LogP contribution in [0.15, 0.2) is 45.1 Å². The molecule has 17 heteroatoms. The van der Waals surface area contributed by atoms with E-state index in [0.29, 0.717) is 36.9 Å². The number of aliphatic carboxylic acids is 1. The molecule has 0 radical (unpaired) electrons. The molecule has 1 aliphatic rings. The van der Waals surface area contributed by atoms with Gasteiger partial charge in [0.05, 0.1) is 53.9 Å². The lowest BCUT2D eigenvalue weighted by molar-refractivity contribution is -0.665. The predicted octanol–water partition coefficient (Wildman–Crippen LogP) is 3.36. The maximum atomic E-state index is 13.3. The molecule has 0 bridgehead atoms. The first-order valence-electron chi connectivity index (χ1n) is 11.8. The second-order valence-corrected chi connectivity index (χ2v) is 14.9. The van der Waals surface area contributed by atoms with E-state index in [9.17, 15) is 27.7 Å². The number of aryl methyl sites for hydroxylation is 1. The van der Waals surface area contributed by atoms with Crippen molar-refractivity contribution in [2.75, 3.05) is 10.8 Å². The first kappa shape index (κ1) is 31.4. The van der Waals surface area contributed by atoms with Crippen LogP contribution in [0.1, 0.15) is 11.9 Å². The third kappa shape index (κ3) is 6.40. The largest absolute Gasteiger partial charge is 0.747 e. The zero-order chi connectivity index (χ0) is 30.5. The van der Waals surface area contributed by atoms with Gasteiger partial charge in [0.15, 0.2) is 0 Å². The number of thioether (sulfide) groups is 1. The van der Waals surface area contributed by atoms with Crippen LogP contribution >= 0.6 is 80.8 Å². The van der Waals surface area contributed by atoms with Gasteiger partial charge in [-0.3, -0.25) is 9.36 Å². The number of carboxylic acid groups (broad SMARTS) is 1. The van der Waals surface area contributed by atoms with Gasteiger partial charge in [0.1, 0.15) is 31.9 Å². The molecule has 42 heavy (non-hydrogen) atoms. The fourth-order valence-electron chi connectivity index (χ4n) is 4.23. The lowest BCUT2D eigenvalue weighted by Crippen LogP contribution is -2.39. The summed E-state index contributed by atoms with van der Waals surface area (Å²) in [6.45, 7) is 1.82. The molecule has 5 rings (SSSR count). The fraction of sp³-hybridized carbons (Fsp3) is 0.160. The Kier molecular flexibility index (Phi) is 9.06. The number of halogens is 4. The number of thiazole rings is 2. The Labute approximate surface area is 270 Å². The van der Waals surface area contributed by atoms with Gasteiger partial charge >= 0.3 is 0 Å². The van der Waals surface area contributed by atoms with Crippen LogP contribution in [0.5, 0.6) is 0 Å². The van der Waals surface area contributed by atoms with Crippen LogP contribution in [0.4, 0.5) is 5.69 Å². The molecule has 0 unspecified atom stereocenters. The molecule has 220 valence electrons. The molecule has 0 amide bonds. The Morgan fingerprint density at radius 3 is 2.36 bits per heavy atom. The summed E-state index contributed by atoms with van der Waals surface area (Å²) in [5.74, 6) is -2.32. The van der Waals surface area contributed by atoms with Crippen LogP contribution in [0.2, 0.25) is 20.1 Å². The molecule has 0 aliphatic carbocycles. The van der Waals surface area contributed by atoms with E-state index in [1.807, 2.05) is 11.5 Å². The molecule has 0 saturated heterocycles. The lowest BCUT2D eigenvalue weighted by atomic mass is 10.3. The van der Waals surface area contributed by atoms with Gasteiger partial charge in [0, 0.05) is 11.0 Å². The van der Waals surface area contributed by atoms with Crippen molar-refractivity contribution in [2.24, 2.45) is 0 Å². The Morgan fingerprint density at radius 1 is 1.02 bits per heavy atom. The summed E-state index contributed by atoms with van der Waals surface area (Å²) in [6, 6.07) is 6.50. The first-order chi connectivity index (χ1) is 19.8. The molecule has 0 N–H and O–H groups in total. The molecule has 2 aromatic heterocycles. The number of hydrogen-bond acceptors (Lipinski definition) is 10. The number of anilines is 1. The monoisotopic (exact) mass is 722 g/mol. The van der Waals surface area contributed by atoms with Crippen LogP contribution < -0.4 is 29.3 Å². The summed E-state index contributed by atoms with van der Waals surface area (Å²) < 4.78 is 39.4. The molecule has 0 atom stereocenters. The van der Waals surface area contributed by atoms with Gasteiger partial charge < -0.3 is 19.4 Å². The molecule has 4 aromatic rings. The highest BCUT2D eigenvalue weighted by molar-refractivity contribution is 8.03. The summed E-state index contributed by atoms with van der Waals surface area (Å²) in [6.07, 6.45) is 4.62. The minimum atomic E-state index is -4.70. The van der Waals surface area contributed by atoms with E-state index in [-0.39, 0.29) is 14.6 Å². The Morgan fingerprint density at radius 2 is 1.69 bits per heavy atom. The first-order valence-corrected chi connectivity index (χ1v) is 17.3. The van der Waals surface area contributed by atoms with Crippen LogP contribution in [-0.4, -0.2) is 29.4 Å². The van der Waals surface area contributed by atoms with Crippen molar-refractivity contribution in [3.8, 4) is 0 Å². The Hall–Kier alpha value is -2.07. The van der Waals surface area contributed by atoms with Crippen molar-refractivity contribution in [3.05, 3.63) is 80.0 Å². The van der Waals surface area contributed by atoms with Gasteiger partial charge in [0.2, 0.25) is 5.52 Å². The second kappa shape index (κ2) is 12.1. The zero-order valence-electron chi connectivity index (χ0n) is 21.1. The van der Waals surface area contributed by atoms with Crippen LogP contribution in [0.3, 0.4) is 0 Å². The average Bonchev–Trinajstić information content (AvgIpc) is 3.49. The number of carbonyl (C=O) groups excluding carboxylic acids is 1. The maximum absolute atomic E-state index is 13.3. The number of carboxylic acids is 1. The summed E-state index contributed by atoms with van der Waals surface area (Å²) in [4.78, 5) is 26.7. The number of aromatic nitrogens is 2. The van der Waals surface area contributed by atoms with Crippen molar-refractivity contribution >= 4 is 125 Å². The number of allylic oxidation sites excluding steroid dienone is 1. The lowest BCUT2D eigenvalue weighted by Gasteiger charge is -2.22. The van der Waals surface area contributed by atoms with E-state index in [1.54, 1.807) is 24.3 Å². The van der Waals surface area contributed by atoms with Gasteiger partial charge in [-0.25, -0.2) is 8.42 Å². The Bertz CT molecular complexity index is 2100. The minimum Gasteiger partial charge on any atom is -0.747 e. The van der Waals surface area contributed by atoms with Crippen molar-refractivity contribution in [1.29, 1.82) is 0 Å². The van der Waals surface area contributed by atoms with E-state index in [1.165, 1.54) is 34.5 Å². The van der Waals surface area contributed by atoms with Crippen LogP contribution in [0, 0.1) is 0 Å². The molecular formula is C25H16Cl4N3O6S4-. The quantitative estimate of drug-likeness (QED) is 0.210. The second-order valence-electron chi connectivity index (χ2n) is 8.75. The zero-order valence-corrected chi connectivity index (χ0v) is 27.4. The normalized spacial score (nSPS) is 15.4. The van der Waals surface area contributed by atoms with E-state index in [4.69, 9.17) is 46.4 Å². The standard InChI is InChI=1S/C25H17Cl4N3O6S4/c1-2-30-16-5-12(26)14(28)7-19(16)41-22(30)9-23-31(10-24(33)34)25(35)18(39-23)3-4-21-32(11-42(36,37)38)17-6-13(27)15(29)8-20(17)40-21/h3-9H,2,10-11H2,1H3,(H-,33,34,36,37,38)/p-1/b18-3+,21-4-. The molecule has 1 aliphatic heterocycles.